The molecule has 1 fully saturated rings. The number of hydrogen-bond acceptors (Lipinski definition) is 6. The van der Waals surface area contributed by atoms with Crippen molar-refractivity contribution in [2.45, 2.75) is 13.0 Å². The average molecular weight is 385 g/mol. The Morgan fingerprint density at radius 1 is 1.00 bits per heavy atom. The fraction of sp³-hybridized carbons (Fsp3) is 0.350. The van der Waals surface area contributed by atoms with Gasteiger partial charge in [0.15, 0.2) is 6.10 Å². The van der Waals surface area contributed by atoms with Crippen LogP contribution in [0.25, 0.3) is 0 Å². The van der Waals surface area contributed by atoms with Gasteiger partial charge < -0.3 is 19.3 Å². The van der Waals surface area contributed by atoms with Gasteiger partial charge in [-0.2, -0.15) is 0 Å². The van der Waals surface area contributed by atoms with Crippen LogP contribution in [0.3, 0.4) is 0 Å². The first kappa shape index (κ1) is 19.5. The van der Waals surface area contributed by atoms with Gasteiger partial charge in [-0.15, -0.1) is 0 Å². The molecule has 0 N–H and O–H groups in total. The van der Waals surface area contributed by atoms with Crippen LogP contribution in [-0.2, 0) is 4.79 Å². The van der Waals surface area contributed by atoms with Crippen molar-refractivity contribution >= 4 is 17.3 Å². The summed E-state index contributed by atoms with van der Waals surface area (Å²) in [7, 11) is 1.60. The van der Waals surface area contributed by atoms with Gasteiger partial charge in [-0.25, -0.2) is 0 Å². The van der Waals surface area contributed by atoms with Crippen molar-refractivity contribution in [3.63, 3.8) is 0 Å². The Labute approximate surface area is 163 Å². The predicted octanol–water partition coefficient (Wildman–Crippen LogP) is 2.72. The highest BCUT2D eigenvalue weighted by atomic mass is 16.6. The van der Waals surface area contributed by atoms with E-state index in [1.54, 1.807) is 55.3 Å². The molecule has 0 radical (unpaired) electrons. The largest absolute Gasteiger partial charge is 0.497 e. The maximum Gasteiger partial charge on any atom is 0.269 e. The fourth-order valence-electron chi connectivity index (χ4n) is 3.14. The topological polar surface area (TPSA) is 85.2 Å². The number of methoxy groups -OCH3 is 1. The van der Waals surface area contributed by atoms with E-state index in [4.69, 9.17) is 9.47 Å². The Balaban J connectivity index is 1.53. The van der Waals surface area contributed by atoms with Gasteiger partial charge in [0.25, 0.3) is 11.6 Å². The number of amides is 1. The van der Waals surface area contributed by atoms with Gasteiger partial charge in [-0.3, -0.25) is 14.9 Å². The first-order valence-corrected chi connectivity index (χ1v) is 9.07. The molecule has 1 saturated heterocycles. The Hall–Kier alpha value is -3.29. The number of piperazine rings is 1. The number of carbonyl (C=O) groups is 1. The van der Waals surface area contributed by atoms with E-state index in [-0.39, 0.29) is 11.6 Å². The van der Waals surface area contributed by atoms with Crippen LogP contribution in [0.2, 0.25) is 0 Å². The van der Waals surface area contributed by atoms with Crippen molar-refractivity contribution in [2.24, 2.45) is 0 Å². The molecule has 3 rings (SSSR count). The molecule has 0 saturated carbocycles. The van der Waals surface area contributed by atoms with Crippen LogP contribution in [0, 0.1) is 10.1 Å². The number of benzene rings is 2. The number of anilines is 1. The summed E-state index contributed by atoms with van der Waals surface area (Å²) in [6.45, 7) is 4.23. The number of nitro benzene ring substituents is 1. The Morgan fingerprint density at radius 3 is 2.11 bits per heavy atom. The highest BCUT2D eigenvalue weighted by Gasteiger charge is 2.26. The summed E-state index contributed by atoms with van der Waals surface area (Å²) in [4.78, 5) is 26.9. The van der Waals surface area contributed by atoms with Gasteiger partial charge in [-0.05, 0) is 43.3 Å². The lowest BCUT2D eigenvalue weighted by Gasteiger charge is -2.37. The predicted molar refractivity (Wildman–Crippen MR) is 105 cm³/mol. The molecule has 1 atom stereocenters. The molecule has 148 valence electrons. The highest BCUT2D eigenvalue weighted by molar-refractivity contribution is 5.81. The third-order valence-corrected chi connectivity index (χ3v) is 4.74. The minimum absolute atomic E-state index is 0.0563. The van der Waals surface area contributed by atoms with Gasteiger partial charge in [0.05, 0.1) is 12.0 Å². The number of non-ortho nitro benzene ring substituents is 1. The minimum atomic E-state index is -0.584. The zero-order chi connectivity index (χ0) is 20.1. The van der Waals surface area contributed by atoms with E-state index < -0.39 is 11.0 Å². The van der Waals surface area contributed by atoms with E-state index in [1.807, 2.05) is 0 Å². The van der Waals surface area contributed by atoms with E-state index >= 15 is 0 Å². The second-order valence-electron chi connectivity index (χ2n) is 6.52. The second-order valence-corrected chi connectivity index (χ2v) is 6.52. The van der Waals surface area contributed by atoms with Crippen LogP contribution >= 0.6 is 0 Å². The van der Waals surface area contributed by atoms with Crippen molar-refractivity contribution in [3.05, 3.63) is 58.6 Å². The van der Waals surface area contributed by atoms with Crippen LogP contribution in [0.15, 0.2) is 48.5 Å². The average Bonchev–Trinajstić information content (AvgIpc) is 2.74. The molecule has 0 unspecified atom stereocenters. The molecule has 1 heterocycles. The summed E-state index contributed by atoms with van der Waals surface area (Å²) in [6, 6.07) is 13.6. The van der Waals surface area contributed by atoms with Crippen LogP contribution < -0.4 is 14.4 Å². The number of carbonyl (C=O) groups excluding carboxylic acids is 1. The van der Waals surface area contributed by atoms with Crippen molar-refractivity contribution in [3.8, 4) is 11.5 Å². The molecular weight excluding hydrogens is 362 g/mol. The zero-order valence-corrected chi connectivity index (χ0v) is 15.9. The smallest absolute Gasteiger partial charge is 0.269 e. The molecule has 2 aromatic rings. The van der Waals surface area contributed by atoms with E-state index in [1.165, 1.54) is 12.1 Å². The normalized spacial score (nSPS) is 15.1. The standard InChI is InChI=1S/C20H23N3O5/c1-15(28-19-9-7-18(27-2)8-10-19)20(24)22-13-11-21(12-14-22)16-3-5-17(6-4-16)23(25)26/h3-10,15H,11-14H2,1-2H3/t15-/m0/s1. The third-order valence-electron chi connectivity index (χ3n) is 4.74. The van der Waals surface area contributed by atoms with Crippen molar-refractivity contribution in [1.29, 1.82) is 0 Å². The quantitative estimate of drug-likeness (QED) is 0.561. The Kier molecular flexibility index (Phi) is 5.98. The van der Waals surface area contributed by atoms with E-state index in [0.29, 0.717) is 31.9 Å². The summed E-state index contributed by atoms with van der Waals surface area (Å²) < 4.78 is 10.9. The van der Waals surface area contributed by atoms with E-state index in [9.17, 15) is 14.9 Å². The fourth-order valence-corrected chi connectivity index (χ4v) is 3.14. The SMILES string of the molecule is COc1ccc(O[C@@H](C)C(=O)N2CCN(c3ccc([N+](=O)[O-])cc3)CC2)cc1. The van der Waals surface area contributed by atoms with Gasteiger partial charge in [0.2, 0.25) is 0 Å². The number of nitro groups is 1. The van der Waals surface area contributed by atoms with Crippen molar-refractivity contribution in [1.82, 2.24) is 4.90 Å². The summed E-state index contributed by atoms with van der Waals surface area (Å²) in [5.74, 6) is 1.29. The molecular formula is C20H23N3O5. The number of ether oxygens (including phenoxy) is 2. The van der Waals surface area contributed by atoms with Crippen LogP contribution in [0.4, 0.5) is 11.4 Å². The van der Waals surface area contributed by atoms with Crippen LogP contribution in [-0.4, -0.2) is 55.1 Å². The zero-order valence-electron chi connectivity index (χ0n) is 15.9. The van der Waals surface area contributed by atoms with Crippen LogP contribution in [0.5, 0.6) is 11.5 Å². The maximum atomic E-state index is 12.7. The third kappa shape index (κ3) is 4.51. The highest BCUT2D eigenvalue weighted by Crippen LogP contribution is 2.22. The number of hydrogen-bond donors (Lipinski definition) is 0. The molecule has 8 heteroatoms. The van der Waals surface area contributed by atoms with Gasteiger partial charge >= 0.3 is 0 Å². The molecule has 0 bridgehead atoms. The Morgan fingerprint density at radius 2 is 1.57 bits per heavy atom. The molecule has 1 amide bonds. The lowest BCUT2D eigenvalue weighted by Crippen LogP contribution is -2.52. The Bertz CT molecular complexity index is 815. The van der Waals surface area contributed by atoms with E-state index in [2.05, 4.69) is 4.90 Å². The summed E-state index contributed by atoms with van der Waals surface area (Å²) in [5.41, 5.74) is 0.988. The number of nitrogens with zero attached hydrogens (tertiary/aromatic N) is 3. The first-order valence-electron chi connectivity index (χ1n) is 9.07. The first-order chi connectivity index (χ1) is 13.5. The monoisotopic (exact) mass is 385 g/mol. The van der Waals surface area contributed by atoms with Crippen molar-refractivity contribution < 1.29 is 19.2 Å². The number of rotatable bonds is 6. The van der Waals surface area contributed by atoms with Crippen LogP contribution in [0.1, 0.15) is 6.92 Å². The van der Waals surface area contributed by atoms with Crippen molar-refractivity contribution in [2.75, 3.05) is 38.2 Å². The summed E-state index contributed by atoms with van der Waals surface area (Å²) in [6.07, 6.45) is -0.584. The summed E-state index contributed by atoms with van der Waals surface area (Å²) >= 11 is 0. The molecule has 8 nitrogen and oxygen atoms in total. The van der Waals surface area contributed by atoms with E-state index in [0.717, 1.165) is 11.4 Å². The maximum absolute atomic E-state index is 12.7. The second kappa shape index (κ2) is 8.60. The van der Waals surface area contributed by atoms with Gasteiger partial charge in [0.1, 0.15) is 11.5 Å². The molecule has 1 aliphatic heterocycles. The lowest BCUT2D eigenvalue weighted by molar-refractivity contribution is -0.384. The molecule has 28 heavy (non-hydrogen) atoms. The van der Waals surface area contributed by atoms with Gasteiger partial charge in [0, 0.05) is 44.0 Å². The lowest BCUT2D eigenvalue weighted by atomic mass is 10.2. The van der Waals surface area contributed by atoms with Gasteiger partial charge in [-0.1, -0.05) is 0 Å². The molecule has 2 aromatic carbocycles. The molecule has 0 spiro atoms. The molecule has 0 aliphatic carbocycles. The minimum Gasteiger partial charge on any atom is -0.497 e. The molecule has 1 aliphatic rings. The summed E-state index contributed by atoms with van der Waals surface area (Å²) in [5, 5.41) is 10.8. The molecule has 0 aromatic heterocycles.